The van der Waals surface area contributed by atoms with Gasteiger partial charge in [0.05, 0.1) is 5.92 Å². The Bertz CT molecular complexity index is 489. The second-order valence-corrected chi connectivity index (χ2v) is 4.20. The first-order valence-corrected chi connectivity index (χ1v) is 5.44. The van der Waals surface area contributed by atoms with Crippen molar-refractivity contribution >= 4 is 17.4 Å². The fraction of sp³-hybridized carbons (Fsp3) is 0.333. The van der Waals surface area contributed by atoms with Crippen LogP contribution in [0.25, 0.3) is 0 Å². The lowest BCUT2D eigenvalue weighted by molar-refractivity contribution is -0.135. The highest BCUT2D eigenvalue weighted by molar-refractivity contribution is 6.02. The second kappa shape index (κ2) is 3.76. The second-order valence-electron chi connectivity index (χ2n) is 4.20. The number of amides is 1. The van der Waals surface area contributed by atoms with Crippen LogP contribution in [-0.2, 0) is 9.59 Å². The molecule has 0 bridgehead atoms. The van der Waals surface area contributed by atoms with E-state index in [4.69, 9.17) is 9.47 Å². The number of anilines is 1. The molecular formula is C12H11NO4. The number of ketones is 1. The van der Waals surface area contributed by atoms with Crippen LogP contribution in [-0.4, -0.2) is 18.5 Å². The maximum atomic E-state index is 11.7. The molecule has 5 heteroatoms. The fourth-order valence-corrected chi connectivity index (χ4v) is 1.89. The van der Waals surface area contributed by atoms with Gasteiger partial charge in [-0.15, -0.1) is 0 Å². The summed E-state index contributed by atoms with van der Waals surface area (Å²) in [6.45, 7) is 0.212. The average Bonchev–Trinajstić information content (AvgIpc) is 2.71. The van der Waals surface area contributed by atoms with E-state index in [2.05, 4.69) is 5.32 Å². The first-order valence-electron chi connectivity index (χ1n) is 5.44. The average molecular weight is 233 g/mol. The van der Waals surface area contributed by atoms with Crippen molar-refractivity contribution in [1.29, 1.82) is 0 Å². The molecule has 1 amide bonds. The van der Waals surface area contributed by atoms with Crippen LogP contribution in [0.4, 0.5) is 5.69 Å². The molecule has 2 aliphatic rings. The van der Waals surface area contributed by atoms with Crippen LogP contribution >= 0.6 is 0 Å². The van der Waals surface area contributed by atoms with Gasteiger partial charge in [-0.05, 0) is 12.1 Å². The fourth-order valence-electron chi connectivity index (χ4n) is 1.89. The number of carbonyl (C=O) groups excluding carboxylic acids is 2. The summed E-state index contributed by atoms with van der Waals surface area (Å²) in [6.07, 6.45) is 0.715. The molecular weight excluding hydrogens is 222 g/mol. The van der Waals surface area contributed by atoms with Crippen molar-refractivity contribution in [2.75, 3.05) is 12.1 Å². The highest BCUT2D eigenvalue weighted by Gasteiger charge is 2.32. The van der Waals surface area contributed by atoms with Crippen molar-refractivity contribution < 1.29 is 19.1 Å². The highest BCUT2D eigenvalue weighted by atomic mass is 16.7. The number of ether oxygens (including phenoxy) is 2. The molecule has 88 valence electrons. The van der Waals surface area contributed by atoms with Crippen molar-refractivity contribution in [3.8, 4) is 11.5 Å². The van der Waals surface area contributed by atoms with Gasteiger partial charge in [-0.25, -0.2) is 0 Å². The van der Waals surface area contributed by atoms with Gasteiger partial charge in [0.25, 0.3) is 0 Å². The molecule has 1 heterocycles. The maximum absolute atomic E-state index is 11.7. The number of hydrogen-bond donors (Lipinski definition) is 1. The molecule has 1 fully saturated rings. The number of benzene rings is 1. The lowest BCUT2D eigenvalue weighted by atomic mass is 9.83. The van der Waals surface area contributed by atoms with E-state index in [1.165, 1.54) is 0 Å². The molecule has 0 unspecified atom stereocenters. The molecule has 1 N–H and O–H groups in total. The largest absolute Gasteiger partial charge is 0.454 e. The van der Waals surface area contributed by atoms with Crippen LogP contribution in [0.1, 0.15) is 12.8 Å². The lowest BCUT2D eigenvalue weighted by Gasteiger charge is -2.22. The van der Waals surface area contributed by atoms with Crippen LogP contribution < -0.4 is 14.8 Å². The first kappa shape index (κ1) is 10.1. The number of hydrogen-bond acceptors (Lipinski definition) is 4. The Balaban J connectivity index is 1.69. The van der Waals surface area contributed by atoms with Gasteiger partial charge in [0.2, 0.25) is 12.7 Å². The summed E-state index contributed by atoms with van der Waals surface area (Å²) >= 11 is 0. The predicted octanol–water partition coefficient (Wildman–Crippen LogP) is 1.33. The monoisotopic (exact) mass is 233 g/mol. The third kappa shape index (κ3) is 1.84. The van der Waals surface area contributed by atoms with Gasteiger partial charge in [-0.2, -0.15) is 0 Å². The van der Waals surface area contributed by atoms with Crippen LogP contribution in [0.5, 0.6) is 11.5 Å². The van der Waals surface area contributed by atoms with Gasteiger partial charge in [0.15, 0.2) is 11.5 Å². The summed E-state index contributed by atoms with van der Waals surface area (Å²) in [7, 11) is 0. The minimum Gasteiger partial charge on any atom is -0.454 e. The Morgan fingerprint density at radius 2 is 2.00 bits per heavy atom. The van der Waals surface area contributed by atoms with E-state index >= 15 is 0 Å². The zero-order valence-corrected chi connectivity index (χ0v) is 9.06. The predicted molar refractivity (Wildman–Crippen MR) is 58.9 cm³/mol. The number of rotatable bonds is 2. The van der Waals surface area contributed by atoms with Gasteiger partial charge < -0.3 is 14.8 Å². The van der Waals surface area contributed by atoms with E-state index < -0.39 is 0 Å². The number of Topliss-reactive ketones (excluding diaryl/α,β-unsaturated/α-hetero) is 1. The molecule has 1 saturated carbocycles. The summed E-state index contributed by atoms with van der Waals surface area (Å²) in [5.74, 6) is 1.18. The quantitative estimate of drug-likeness (QED) is 0.837. The Morgan fingerprint density at radius 1 is 1.24 bits per heavy atom. The van der Waals surface area contributed by atoms with Gasteiger partial charge in [-0.3, -0.25) is 9.59 Å². The van der Waals surface area contributed by atoms with Gasteiger partial charge in [0.1, 0.15) is 5.78 Å². The van der Waals surface area contributed by atoms with Crippen molar-refractivity contribution in [2.24, 2.45) is 5.92 Å². The minimum atomic E-state index is -0.173. The minimum absolute atomic E-state index is 0.108. The molecule has 17 heavy (non-hydrogen) atoms. The van der Waals surface area contributed by atoms with Crippen molar-refractivity contribution in [1.82, 2.24) is 0 Å². The van der Waals surface area contributed by atoms with Crippen LogP contribution in [0, 0.1) is 5.92 Å². The SMILES string of the molecule is O=C1CC(C(=O)Nc2ccc3c(c2)OCO3)C1. The summed E-state index contributed by atoms with van der Waals surface area (Å²) < 4.78 is 10.4. The number of carbonyl (C=O) groups is 2. The summed E-state index contributed by atoms with van der Waals surface area (Å²) in [5, 5.41) is 2.77. The van der Waals surface area contributed by atoms with Crippen molar-refractivity contribution in [2.45, 2.75) is 12.8 Å². The molecule has 1 aliphatic carbocycles. The van der Waals surface area contributed by atoms with E-state index in [0.29, 0.717) is 30.0 Å². The van der Waals surface area contributed by atoms with Gasteiger partial charge in [-0.1, -0.05) is 0 Å². The Hall–Kier alpha value is -2.04. The van der Waals surface area contributed by atoms with Crippen LogP contribution in [0.15, 0.2) is 18.2 Å². The third-order valence-corrected chi connectivity index (χ3v) is 2.96. The summed E-state index contributed by atoms with van der Waals surface area (Å²) in [5.41, 5.74) is 0.665. The Morgan fingerprint density at radius 3 is 2.76 bits per heavy atom. The smallest absolute Gasteiger partial charge is 0.231 e. The molecule has 1 aromatic carbocycles. The summed E-state index contributed by atoms with van der Waals surface area (Å²) in [6, 6.07) is 5.23. The first-order chi connectivity index (χ1) is 8.22. The zero-order valence-electron chi connectivity index (χ0n) is 9.06. The lowest BCUT2D eigenvalue weighted by Crippen LogP contribution is -2.34. The normalized spacial score (nSPS) is 17.8. The van der Waals surface area contributed by atoms with Gasteiger partial charge >= 0.3 is 0 Å². The molecule has 0 atom stereocenters. The van der Waals surface area contributed by atoms with Gasteiger partial charge in [0, 0.05) is 24.6 Å². The van der Waals surface area contributed by atoms with E-state index in [1.807, 2.05) is 0 Å². The molecule has 1 aliphatic heterocycles. The molecule has 1 aromatic rings. The van der Waals surface area contributed by atoms with E-state index in [9.17, 15) is 9.59 Å². The standard InChI is InChI=1S/C12H11NO4/c14-9-3-7(4-9)12(15)13-8-1-2-10-11(5-8)17-6-16-10/h1-2,5,7H,3-4,6H2,(H,13,15). The molecule has 3 rings (SSSR count). The Kier molecular flexibility index (Phi) is 2.24. The van der Waals surface area contributed by atoms with E-state index in [0.717, 1.165) is 0 Å². The summed E-state index contributed by atoms with van der Waals surface area (Å²) in [4.78, 5) is 22.5. The molecule has 0 saturated heterocycles. The Labute approximate surface area is 97.7 Å². The zero-order chi connectivity index (χ0) is 11.8. The third-order valence-electron chi connectivity index (χ3n) is 2.96. The van der Waals surface area contributed by atoms with Crippen molar-refractivity contribution in [3.63, 3.8) is 0 Å². The van der Waals surface area contributed by atoms with E-state index in [-0.39, 0.29) is 24.4 Å². The maximum Gasteiger partial charge on any atom is 0.231 e. The topological polar surface area (TPSA) is 64.6 Å². The van der Waals surface area contributed by atoms with Crippen LogP contribution in [0.3, 0.4) is 0 Å². The molecule has 5 nitrogen and oxygen atoms in total. The number of nitrogens with one attached hydrogen (secondary N) is 1. The van der Waals surface area contributed by atoms with Crippen LogP contribution in [0.2, 0.25) is 0 Å². The molecule has 0 aromatic heterocycles. The molecule has 0 spiro atoms. The number of fused-ring (bicyclic) bond motifs is 1. The highest BCUT2D eigenvalue weighted by Crippen LogP contribution is 2.34. The molecule has 0 radical (unpaired) electrons. The van der Waals surface area contributed by atoms with Crippen molar-refractivity contribution in [3.05, 3.63) is 18.2 Å². The van der Waals surface area contributed by atoms with E-state index in [1.54, 1.807) is 18.2 Å².